The summed E-state index contributed by atoms with van der Waals surface area (Å²) in [6.07, 6.45) is 3.49. The first kappa shape index (κ1) is 22.9. The van der Waals surface area contributed by atoms with Crippen molar-refractivity contribution in [2.75, 3.05) is 0 Å². The van der Waals surface area contributed by atoms with E-state index in [2.05, 4.69) is 15.6 Å². The molecule has 0 spiro atoms. The lowest BCUT2D eigenvalue weighted by Crippen LogP contribution is -2.53. The summed E-state index contributed by atoms with van der Waals surface area (Å²) in [6.45, 7) is 3.81. The summed E-state index contributed by atoms with van der Waals surface area (Å²) >= 11 is 0. The Kier molecular flexibility index (Phi) is 7.37. The molecule has 1 amide bonds. The van der Waals surface area contributed by atoms with Gasteiger partial charge in [-0.05, 0) is 29.5 Å². The first-order valence-corrected chi connectivity index (χ1v) is 10.3. The Hall–Kier alpha value is -2.82. The second kappa shape index (κ2) is 9.99. The van der Waals surface area contributed by atoms with Crippen LogP contribution in [0.15, 0.2) is 54.9 Å². The Morgan fingerprint density at radius 1 is 1.23 bits per heavy atom. The number of hydrogen-bond donors (Lipinski definition) is 4. The largest absolute Gasteiger partial charge is 0.475 e. The van der Waals surface area contributed by atoms with Crippen LogP contribution in [0.5, 0.6) is 0 Å². The summed E-state index contributed by atoms with van der Waals surface area (Å²) < 4.78 is 0. The molecule has 0 radical (unpaired) electrons. The smallest absolute Gasteiger partial charge is 0.426 e. The number of carbonyl (C=O) groups excluding carboxylic acids is 1. The Labute approximate surface area is 181 Å². The lowest BCUT2D eigenvalue weighted by atomic mass is 9.74. The maximum atomic E-state index is 13.2. The van der Waals surface area contributed by atoms with Gasteiger partial charge in [-0.15, -0.1) is 0 Å². The number of amides is 1. The number of carbonyl (C=O) groups is 1. The van der Waals surface area contributed by atoms with Crippen molar-refractivity contribution >= 4 is 13.0 Å². The number of pyridine rings is 1. The number of hydrogen-bond acceptors (Lipinski definition) is 7. The second-order valence-corrected chi connectivity index (χ2v) is 8.28. The maximum absolute atomic E-state index is 13.2. The summed E-state index contributed by atoms with van der Waals surface area (Å²) in [5.74, 6) is -2.02. The van der Waals surface area contributed by atoms with E-state index in [4.69, 9.17) is 0 Å². The predicted octanol–water partition coefficient (Wildman–Crippen LogP) is 1.07. The van der Waals surface area contributed by atoms with E-state index in [1.807, 2.05) is 19.9 Å². The number of aromatic nitrogens is 1. The molecule has 2 aromatic rings. The number of rotatable bonds is 8. The molecule has 0 saturated carbocycles. The minimum absolute atomic E-state index is 0.114. The van der Waals surface area contributed by atoms with Gasteiger partial charge < -0.3 is 15.4 Å². The standard InChI is InChI=1S/C21H27BN4O5/c1-13(2)11-16(22(28)29)24-21(27)19-17(14-7-4-3-5-8-14)20(26(30)31)18(25-19)15-9-6-10-23-12-15/h3-10,12-13,16-20,25,28-29H,11H2,1-2H3,(H,24,27)/t16-,17+,18+,19+,20-/m0/s1. The molecule has 1 aliphatic rings. The van der Waals surface area contributed by atoms with Gasteiger partial charge in [0.05, 0.1) is 11.9 Å². The van der Waals surface area contributed by atoms with Crippen molar-refractivity contribution in [1.82, 2.24) is 15.6 Å². The molecule has 0 aliphatic carbocycles. The van der Waals surface area contributed by atoms with Gasteiger partial charge in [0, 0.05) is 17.3 Å². The molecule has 4 N–H and O–H groups in total. The van der Waals surface area contributed by atoms with Crippen molar-refractivity contribution in [2.24, 2.45) is 5.92 Å². The van der Waals surface area contributed by atoms with E-state index in [1.54, 1.807) is 48.8 Å². The summed E-state index contributed by atoms with van der Waals surface area (Å²) in [7, 11) is -1.73. The third-order valence-electron chi connectivity index (χ3n) is 5.59. The summed E-state index contributed by atoms with van der Waals surface area (Å²) in [4.78, 5) is 29.1. The molecule has 31 heavy (non-hydrogen) atoms. The van der Waals surface area contributed by atoms with Gasteiger partial charge in [-0.2, -0.15) is 0 Å². The van der Waals surface area contributed by atoms with Gasteiger partial charge in [-0.3, -0.25) is 25.2 Å². The van der Waals surface area contributed by atoms with E-state index >= 15 is 0 Å². The molecule has 5 atom stereocenters. The zero-order valence-corrected chi connectivity index (χ0v) is 17.5. The lowest BCUT2D eigenvalue weighted by Gasteiger charge is -2.24. The van der Waals surface area contributed by atoms with Crippen LogP contribution in [0.1, 0.15) is 43.4 Å². The first-order chi connectivity index (χ1) is 14.8. The normalized spacial score (nSPS) is 24.0. The van der Waals surface area contributed by atoms with Crippen LogP contribution in [0.2, 0.25) is 0 Å². The van der Waals surface area contributed by atoms with Gasteiger partial charge in [0.2, 0.25) is 11.9 Å². The van der Waals surface area contributed by atoms with Crippen LogP contribution < -0.4 is 10.6 Å². The van der Waals surface area contributed by atoms with Crippen LogP contribution >= 0.6 is 0 Å². The molecule has 1 aromatic heterocycles. The highest BCUT2D eigenvalue weighted by Gasteiger charge is 2.54. The third kappa shape index (κ3) is 5.27. The molecular formula is C21H27BN4O5. The highest BCUT2D eigenvalue weighted by molar-refractivity contribution is 6.43. The average Bonchev–Trinajstić information content (AvgIpc) is 3.15. The molecular weight excluding hydrogens is 399 g/mol. The van der Waals surface area contributed by atoms with Crippen LogP contribution in [0, 0.1) is 16.0 Å². The Bertz CT molecular complexity index is 884. The van der Waals surface area contributed by atoms with Crippen LogP contribution in [0.25, 0.3) is 0 Å². The second-order valence-electron chi connectivity index (χ2n) is 8.28. The Morgan fingerprint density at radius 2 is 1.90 bits per heavy atom. The fourth-order valence-electron chi connectivity index (χ4n) is 4.25. The molecule has 1 fully saturated rings. The van der Waals surface area contributed by atoms with Crippen LogP contribution in [-0.4, -0.2) is 51.0 Å². The lowest BCUT2D eigenvalue weighted by molar-refractivity contribution is -0.527. The van der Waals surface area contributed by atoms with E-state index in [0.717, 1.165) is 0 Å². The van der Waals surface area contributed by atoms with E-state index in [0.29, 0.717) is 17.5 Å². The van der Waals surface area contributed by atoms with Gasteiger partial charge in [-0.25, -0.2) is 0 Å². The fourth-order valence-corrected chi connectivity index (χ4v) is 4.25. The average molecular weight is 426 g/mol. The zero-order valence-electron chi connectivity index (χ0n) is 17.5. The van der Waals surface area contributed by atoms with Crippen molar-refractivity contribution < 1.29 is 19.8 Å². The molecule has 1 aliphatic heterocycles. The van der Waals surface area contributed by atoms with Crippen molar-refractivity contribution in [2.45, 2.75) is 50.3 Å². The van der Waals surface area contributed by atoms with Crippen molar-refractivity contribution in [1.29, 1.82) is 0 Å². The number of nitrogens with one attached hydrogen (secondary N) is 2. The molecule has 1 aromatic carbocycles. The fraction of sp³-hybridized carbons (Fsp3) is 0.429. The predicted molar refractivity (Wildman–Crippen MR) is 115 cm³/mol. The zero-order chi connectivity index (χ0) is 22.5. The van der Waals surface area contributed by atoms with E-state index in [1.165, 1.54) is 0 Å². The van der Waals surface area contributed by atoms with Crippen molar-refractivity contribution in [3.05, 3.63) is 76.1 Å². The molecule has 3 rings (SSSR count). The summed E-state index contributed by atoms with van der Waals surface area (Å²) in [6, 6.07) is 9.55. The van der Waals surface area contributed by atoms with E-state index in [-0.39, 0.29) is 10.8 Å². The summed E-state index contributed by atoms with van der Waals surface area (Å²) in [5.41, 5.74) is 1.27. The van der Waals surface area contributed by atoms with E-state index in [9.17, 15) is 25.0 Å². The molecule has 0 unspecified atom stereocenters. The van der Waals surface area contributed by atoms with Gasteiger partial charge in [0.15, 0.2) is 0 Å². The molecule has 164 valence electrons. The third-order valence-corrected chi connectivity index (χ3v) is 5.59. The van der Waals surface area contributed by atoms with Crippen LogP contribution in [0.3, 0.4) is 0 Å². The van der Waals surface area contributed by atoms with Gasteiger partial charge in [-0.1, -0.05) is 50.2 Å². The highest BCUT2D eigenvalue weighted by Crippen LogP contribution is 2.40. The van der Waals surface area contributed by atoms with Crippen molar-refractivity contribution in [3.8, 4) is 0 Å². The highest BCUT2D eigenvalue weighted by atomic mass is 16.6. The van der Waals surface area contributed by atoms with Gasteiger partial charge in [0.25, 0.3) is 0 Å². The minimum Gasteiger partial charge on any atom is -0.426 e. The van der Waals surface area contributed by atoms with Gasteiger partial charge >= 0.3 is 7.12 Å². The Morgan fingerprint density at radius 3 is 2.45 bits per heavy atom. The van der Waals surface area contributed by atoms with Crippen molar-refractivity contribution in [3.63, 3.8) is 0 Å². The minimum atomic E-state index is -1.73. The van der Waals surface area contributed by atoms with E-state index < -0.39 is 43.0 Å². The molecule has 10 heteroatoms. The monoisotopic (exact) mass is 426 g/mol. The molecule has 1 saturated heterocycles. The quantitative estimate of drug-likeness (QED) is 0.281. The van der Waals surface area contributed by atoms with Crippen LogP contribution in [0.4, 0.5) is 0 Å². The summed E-state index contributed by atoms with van der Waals surface area (Å²) in [5, 5.41) is 37.4. The molecule has 9 nitrogen and oxygen atoms in total. The number of benzene rings is 1. The SMILES string of the molecule is CC(C)C[C@H](NC(=O)[C@@H]1N[C@H](c2cccnc2)[C@@H]([N+](=O)[O-])[C@@H]1c1ccccc1)B(O)O. The molecule has 0 bridgehead atoms. The molecule has 2 heterocycles. The number of nitro groups is 1. The first-order valence-electron chi connectivity index (χ1n) is 10.3. The Balaban J connectivity index is 1.98. The topological polar surface area (TPSA) is 138 Å². The maximum Gasteiger partial charge on any atom is 0.475 e. The van der Waals surface area contributed by atoms with Gasteiger partial charge in [0.1, 0.15) is 12.1 Å². The van der Waals surface area contributed by atoms with Crippen LogP contribution in [-0.2, 0) is 4.79 Å². The number of nitrogens with zero attached hydrogens (tertiary/aromatic N) is 2.